The van der Waals surface area contributed by atoms with Crippen molar-refractivity contribution in [2.24, 2.45) is 0 Å². The lowest BCUT2D eigenvalue weighted by Crippen LogP contribution is -2.40. The zero-order valence-corrected chi connectivity index (χ0v) is 16.1. The SMILES string of the molecule is CC(=O)N(CC(=O)NCCCN(C)C)c1ccc(Oc2ccccc2)cc1. The number of hydrogen-bond acceptors (Lipinski definition) is 4. The lowest BCUT2D eigenvalue weighted by molar-refractivity contribution is -0.123. The fourth-order valence-electron chi connectivity index (χ4n) is 2.53. The predicted molar refractivity (Wildman–Crippen MR) is 107 cm³/mol. The van der Waals surface area contributed by atoms with Gasteiger partial charge in [-0.2, -0.15) is 0 Å². The van der Waals surface area contributed by atoms with Crippen LogP contribution in [0.1, 0.15) is 13.3 Å². The first-order valence-corrected chi connectivity index (χ1v) is 8.98. The second kappa shape index (κ2) is 10.3. The summed E-state index contributed by atoms with van der Waals surface area (Å²) >= 11 is 0. The number of nitrogens with zero attached hydrogens (tertiary/aromatic N) is 2. The predicted octanol–water partition coefficient (Wildman–Crippen LogP) is 2.90. The maximum Gasteiger partial charge on any atom is 0.240 e. The minimum absolute atomic E-state index is 0.00378. The molecule has 2 aromatic rings. The minimum atomic E-state index is -0.185. The molecule has 2 amide bonds. The van der Waals surface area contributed by atoms with Crippen molar-refractivity contribution in [2.45, 2.75) is 13.3 Å². The maximum absolute atomic E-state index is 12.1. The fourth-order valence-corrected chi connectivity index (χ4v) is 2.53. The van der Waals surface area contributed by atoms with E-state index in [9.17, 15) is 9.59 Å². The van der Waals surface area contributed by atoms with Gasteiger partial charge in [-0.05, 0) is 63.5 Å². The molecule has 1 N–H and O–H groups in total. The first-order chi connectivity index (χ1) is 13.0. The van der Waals surface area contributed by atoms with Gasteiger partial charge in [-0.25, -0.2) is 0 Å². The quantitative estimate of drug-likeness (QED) is 0.691. The Morgan fingerprint density at radius 1 is 0.963 bits per heavy atom. The molecule has 0 spiro atoms. The molecule has 0 aliphatic rings. The number of amides is 2. The molecule has 0 bridgehead atoms. The zero-order chi connectivity index (χ0) is 19.6. The molecule has 27 heavy (non-hydrogen) atoms. The summed E-state index contributed by atoms with van der Waals surface area (Å²) in [7, 11) is 3.98. The van der Waals surface area contributed by atoms with E-state index in [1.54, 1.807) is 24.3 Å². The van der Waals surface area contributed by atoms with Crippen molar-refractivity contribution < 1.29 is 14.3 Å². The van der Waals surface area contributed by atoms with E-state index in [1.807, 2.05) is 44.4 Å². The molecule has 6 heteroatoms. The summed E-state index contributed by atoms with van der Waals surface area (Å²) in [4.78, 5) is 27.6. The molecule has 0 fully saturated rings. The van der Waals surface area contributed by atoms with Crippen molar-refractivity contribution in [1.29, 1.82) is 0 Å². The Bertz CT molecular complexity index is 730. The molecule has 0 aliphatic heterocycles. The molecule has 0 radical (unpaired) electrons. The number of anilines is 1. The highest BCUT2D eigenvalue weighted by Crippen LogP contribution is 2.24. The minimum Gasteiger partial charge on any atom is -0.457 e. The fraction of sp³-hybridized carbons (Fsp3) is 0.333. The Morgan fingerprint density at radius 2 is 1.59 bits per heavy atom. The largest absolute Gasteiger partial charge is 0.457 e. The van der Waals surface area contributed by atoms with Crippen LogP contribution in [0.4, 0.5) is 5.69 Å². The van der Waals surface area contributed by atoms with E-state index in [1.165, 1.54) is 11.8 Å². The molecule has 0 aliphatic carbocycles. The van der Waals surface area contributed by atoms with E-state index >= 15 is 0 Å². The van der Waals surface area contributed by atoms with E-state index in [4.69, 9.17) is 4.74 Å². The van der Waals surface area contributed by atoms with Crippen molar-refractivity contribution in [3.8, 4) is 11.5 Å². The van der Waals surface area contributed by atoms with Crippen LogP contribution in [0.25, 0.3) is 0 Å². The standard InChI is InChI=1S/C21H27N3O3/c1-17(25)24(16-21(26)22-14-7-15-23(2)3)18-10-12-20(13-11-18)27-19-8-5-4-6-9-19/h4-6,8-13H,7,14-16H2,1-3H3,(H,22,26). The number of carbonyl (C=O) groups excluding carboxylic acids is 2. The lowest BCUT2D eigenvalue weighted by atomic mass is 10.2. The van der Waals surface area contributed by atoms with Gasteiger partial charge in [-0.15, -0.1) is 0 Å². The third-order valence-electron chi connectivity index (χ3n) is 3.91. The van der Waals surface area contributed by atoms with Gasteiger partial charge in [0.25, 0.3) is 0 Å². The average molecular weight is 369 g/mol. The van der Waals surface area contributed by atoms with Gasteiger partial charge in [-0.1, -0.05) is 18.2 Å². The van der Waals surface area contributed by atoms with Crippen LogP contribution in [-0.4, -0.2) is 50.4 Å². The topological polar surface area (TPSA) is 61.9 Å². The van der Waals surface area contributed by atoms with Gasteiger partial charge in [0, 0.05) is 19.2 Å². The van der Waals surface area contributed by atoms with Gasteiger partial charge >= 0.3 is 0 Å². The average Bonchev–Trinajstić information content (AvgIpc) is 2.64. The summed E-state index contributed by atoms with van der Waals surface area (Å²) < 4.78 is 5.75. The summed E-state index contributed by atoms with van der Waals surface area (Å²) in [6.45, 7) is 2.94. The molecule has 0 unspecified atom stereocenters. The lowest BCUT2D eigenvalue weighted by Gasteiger charge is -2.21. The van der Waals surface area contributed by atoms with Gasteiger partial charge in [0.2, 0.25) is 11.8 Å². The number of rotatable bonds is 9. The van der Waals surface area contributed by atoms with Crippen molar-refractivity contribution in [2.75, 3.05) is 38.6 Å². The van der Waals surface area contributed by atoms with Gasteiger partial charge in [0.1, 0.15) is 18.0 Å². The van der Waals surface area contributed by atoms with Crippen molar-refractivity contribution in [1.82, 2.24) is 10.2 Å². The van der Waals surface area contributed by atoms with Crippen molar-refractivity contribution in [3.63, 3.8) is 0 Å². The Hall–Kier alpha value is -2.86. The summed E-state index contributed by atoms with van der Waals surface area (Å²) in [5.74, 6) is 1.05. The van der Waals surface area contributed by atoms with E-state index in [2.05, 4.69) is 10.2 Å². The van der Waals surface area contributed by atoms with Gasteiger partial charge in [-0.3, -0.25) is 9.59 Å². The smallest absolute Gasteiger partial charge is 0.240 e. The Kier molecular flexibility index (Phi) is 7.82. The van der Waals surface area contributed by atoms with Crippen molar-refractivity contribution in [3.05, 3.63) is 54.6 Å². The summed E-state index contributed by atoms with van der Waals surface area (Å²) in [5.41, 5.74) is 0.659. The second-order valence-electron chi connectivity index (χ2n) is 6.52. The van der Waals surface area contributed by atoms with Crippen LogP contribution >= 0.6 is 0 Å². The molecule has 2 rings (SSSR count). The van der Waals surface area contributed by atoms with Gasteiger partial charge in [0.05, 0.1) is 0 Å². The molecule has 2 aromatic carbocycles. The summed E-state index contributed by atoms with van der Waals surface area (Å²) in [6.07, 6.45) is 0.865. The van der Waals surface area contributed by atoms with Gasteiger partial charge < -0.3 is 19.9 Å². The third kappa shape index (κ3) is 7.11. The molecular formula is C21H27N3O3. The van der Waals surface area contributed by atoms with E-state index in [0.717, 1.165) is 18.7 Å². The Balaban J connectivity index is 1.93. The number of benzene rings is 2. The van der Waals surface area contributed by atoms with E-state index < -0.39 is 0 Å². The van der Waals surface area contributed by atoms with Crippen LogP contribution in [0.15, 0.2) is 54.6 Å². The zero-order valence-electron chi connectivity index (χ0n) is 16.1. The Labute approximate surface area is 160 Å². The number of para-hydroxylation sites is 1. The Morgan fingerprint density at radius 3 is 2.19 bits per heavy atom. The summed E-state index contributed by atoms with van der Waals surface area (Å²) in [6, 6.07) is 16.6. The van der Waals surface area contributed by atoms with Crippen molar-refractivity contribution >= 4 is 17.5 Å². The first kappa shape index (κ1) is 20.5. The molecule has 6 nitrogen and oxygen atoms in total. The monoisotopic (exact) mass is 369 g/mol. The summed E-state index contributed by atoms with van der Waals surface area (Å²) in [5, 5.41) is 2.85. The van der Waals surface area contributed by atoms with Crippen LogP contribution in [0, 0.1) is 0 Å². The molecule has 0 heterocycles. The highest BCUT2D eigenvalue weighted by molar-refractivity contribution is 5.97. The normalized spacial score (nSPS) is 10.5. The molecule has 0 aromatic heterocycles. The van der Waals surface area contributed by atoms with Crippen LogP contribution in [0.3, 0.4) is 0 Å². The molecule has 0 atom stereocenters. The third-order valence-corrected chi connectivity index (χ3v) is 3.91. The van der Waals surface area contributed by atoms with Gasteiger partial charge in [0.15, 0.2) is 0 Å². The maximum atomic E-state index is 12.1. The van der Waals surface area contributed by atoms with Crippen LogP contribution in [0.2, 0.25) is 0 Å². The van der Waals surface area contributed by atoms with Crippen LogP contribution in [0.5, 0.6) is 11.5 Å². The number of hydrogen-bond donors (Lipinski definition) is 1. The van der Waals surface area contributed by atoms with E-state index in [0.29, 0.717) is 18.0 Å². The van der Waals surface area contributed by atoms with Crippen LogP contribution < -0.4 is 15.0 Å². The number of carbonyl (C=O) groups is 2. The molecule has 0 saturated heterocycles. The highest BCUT2D eigenvalue weighted by atomic mass is 16.5. The number of nitrogens with one attached hydrogen (secondary N) is 1. The van der Waals surface area contributed by atoms with Crippen LogP contribution in [-0.2, 0) is 9.59 Å². The molecule has 0 saturated carbocycles. The van der Waals surface area contributed by atoms with E-state index in [-0.39, 0.29) is 18.4 Å². The highest BCUT2D eigenvalue weighted by Gasteiger charge is 2.15. The molecule has 144 valence electrons. The molecular weight excluding hydrogens is 342 g/mol. The second-order valence-corrected chi connectivity index (χ2v) is 6.52. The first-order valence-electron chi connectivity index (χ1n) is 8.98. The number of ether oxygens (including phenoxy) is 1.